The van der Waals surface area contributed by atoms with Crippen LogP contribution in [0.2, 0.25) is 0 Å². The third kappa shape index (κ3) is 4.65. The molecule has 0 bridgehead atoms. The van der Waals surface area contributed by atoms with Crippen molar-refractivity contribution in [2.45, 2.75) is 45.1 Å². The molecule has 2 aromatic heterocycles. The summed E-state index contributed by atoms with van der Waals surface area (Å²) in [5.41, 5.74) is 0.862. The molecule has 3 aromatic rings. The normalized spacial score (nSPS) is 20.6. The minimum Gasteiger partial charge on any atom is -0.491 e. The number of nitrogens with zero attached hydrogens (tertiary/aromatic N) is 7. The zero-order valence-electron chi connectivity index (χ0n) is 19.5. The molecule has 2 fully saturated rings. The highest BCUT2D eigenvalue weighted by atomic mass is 19.1. The van der Waals surface area contributed by atoms with Crippen molar-refractivity contribution in [2.24, 2.45) is 5.92 Å². The number of benzene rings is 1. The number of rotatable bonds is 7. The van der Waals surface area contributed by atoms with Crippen molar-refractivity contribution in [1.82, 2.24) is 35.1 Å². The Morgan fingerprint density at radius 1 is 1.18 bits per heavy atom. The van der Waals surface area contributed by atoms with Crippen LogP contribution < -0.4 is 15.4 Å². The molecule has 1 aromatic carbocycles. The number of fused-ring (bicyclic) bond motifs is 1. The fraction of sp³-hybridized carbons (Fsp3) is 0.522. The Morgan fingerprint density at radius 3 is 2.88 bits per heavy atom. The van der Waals surface area contributed by atoms with Crippen molar-refractivity contribution in [3.05, 3.63) is 36.0 Å². The number of piperidine rings is 2. The van der Waals surface area contributed by atoms with E-state index in [-0.39, 0.29) is 11.6 Å². The molecule has 0 radical (unpaired) electrons. The second-order valence-electron chi connectivity index (χ2n) is 8.92. The maximum atomic E-state index is 14.6. The van der Waals surface area contributed by atoms with Crippen molar-refractivity contribution in [3.8, 4) is 11.4 Å². The molecule has 34 heavy (non-hydrogen) atoms. The lowest BCUT2D eigenvalue weighted by atomic mass is 9.83. The largest absolute Gasteiger partial charge is 0.491 e. The fourth-order valence-corrected chi connectivity index (χ4v) is 5.08. The molecule has 2 aliphatic heterocycles. The van der Waals surface area contributed by atoms with E-state index in [0.717, 1.165) is 6.54 Å². The first-order chi connectivity index (χ1) is 16.6. The monoisotopic (exact) mass is 467 g/mol. The summed E-state index contributed by atoms with van der Waals surface area (Å²) in [6, 6.07) is 5.23. The van der Waals surface area contributed by atoms with Crippen molar-refractivity contribution >= 4 is 17.5 Å². The average molecular weight is 468 g/mol. The first-order valence-electron chi connectivity index (χ1n) is 11.8. The Bertz CT molecular complexity index is 1140. The van der Waals surface area contributed by atoms with E-state index in [1.165, 1.54) is 55.9 Å². The summed E-state index contributed by atoms with van der Waals surface area (Å²) in [7, 11) is 1.60. The standard InChI is InChI=1S/C23H30FN9O/c1-15-29-30-31-33(15)17-8-9-18(24)19(12-17)27-23-26-14-21(34-2)22(28-23)25-13-16-6-5-11-32-10-4-3-7-20(16)32/h8-9,12,14,16,20H,3-7,10-11,13H2,1-2H3,(H2,25,26,27,28). The number of nitrogens with one attached hydrogen (secondary N) is 2. The van der Waals surface area contributed by atoms with E-state index < -0.39 is 5.82 Å². The lowest BCUT2D eigenvalue weighted by Crippen LogP contribution is -2.49. The van der Waals surface area contributed by atoms with E-state index >= 15 is 0 Å². The molecule has 10 nitrogen and oxygen atoms in total. The van der Waals surface area contributed by atoms with Crippen LogP contribution in [-0.2, 0) is 0 Å². The third-order valence-corrected chi connectivity index (χ3v) is 6.80. The first kappa shape index (κ1) is 22.5. The maximum Gasteiger partial charge on any atom is 0.229 e. The number of aryl methyl sites for hydroxylation is 1. The van der Waals surface area contributed by atoms with Crippen LogP contribution in [0, 0.1) is 18.7 Å². The summed E-state index contributed by atoms with van der Waals surface area (Å²) < 4.78 is 21.6. The van der Waals surface area contributed by atoms with E-state index in [9.17, 15) is 4.39 Å². The average Bonchev–Trinajstić information content (AvgIpc) is 3.30. The lowest BCUT2D eigenvalue weighted by molar-refractivity contribution is 0.0649. The van der Waals surface area contributed by atoms with Crippen molar-refractivity contribution in [3.63, 3.8) is 0 Å². The summed E-state index contributed by atoms with van der Waals surface area (Å²) in [5, 5.41) is 17.9. The van der Waals surface area contributed by atoms with Gasteiger partial charge in [0.2, 0.25) is 5.95 Å². The summed E-state index contributed by atoms with van der Waals surface area (Å²) in [5.74, 6) is 2.17. The maximum absolute atomic E-state index is 14.6. The smallest absolute Gasteiger partial charge is 0.229 e. The Hall–Kier alpha value is -3.34. The van der Waals surface area contributed by atoms with E-state index in [4.69, 9.17) is 4.74 Å². The van der Waals surface area contributed by atoms with Crippen molar-refractivity contribution in [2.75, 3.05) is 37.4 Å². The molecule has 4 heterocycles. The molecule has 2 N–H and O–H groups in total. The Morgan fingerprint density at radius 2 is 2.06 bits per heavy atom. The molecular weight excluding hydrogens is 437 g/mol. The predicted molar refractivity (Wildman–Crippen MR) is 126 cm³/mol. The summed E-state index contributed by atoms with van der Waals surface area (Å²) in [4.78, 5) is 11.5. The molecule has 0 aliphatic carbocycles. The van der Waals surface area contributed by atoms with E-state index in [0.29, 0.717) is 35.0 Å². The molecule has 2 aliphatic rings. The molecule has 180 valence electrons. The Kier molecular flexibility index (Phi) is 6.52. The lowest BCUT2D eigenvalue weighted by Gasteiger charge is -2.44. The van der Waals surface area contributed by atoms with Gasteiger partial charge in [-0.1, -0.05) is 6.42 Å². The number of hydrogen-bond donors (Lipinski definition) is 2. The Labute approximate surface area is 197 Å². The van der Waals surface area contributed by atoms with E-state index in [1.807, 2.05) is 0 Å². The summed E-state index contributed by atoms with van der Waals surface area (Å²) >= 11 is 0. The van der Waals surface area contributed by atoms with Crippen LogP contribution in [0.1, 0.15) is 37.9 Å². The molecule has 0 saturated carbocycles. The molecule has 11 heteroatoms. The molecule has 2 unspecified atom stereocenters. The van der Waals surface area contributed by atoms with Gasteiger partial charge in [-0.15, -0.1) is 5.10 Å². The second-order valence-corrected chi connectivity index (χ2v) is 8.92. The van der Waals surface area contributed by atoms with Gasteiger partial charge in [0.25, 0.3) is 0 Å². The van der Waals surface area contributed by atoms with Gasteiger partial charge < -0.3 is 20.3 Å². The van der Waals surface area contributed by atoms with E-state index in [1.54, 1.807) is 32.4 Å². The van der Waals surface area contributed by atoms with Crippen molar-refractivity contribution in [1.29, 1.82) is 0 Å². The minimum absolute atomic E-state index is 0.230. The molecule has 2 atom stereocenters. The van der Waals surface area contributed by atoms with Gasteiger partial charge in [0.05, 0.1) is 24.7 Å². The molecule has 5 rings (SSSR count). The second kappa shape index (κ2) is 9.88. The number of aromatic nitrogens is 6. The van der Waals surface area contributed by atoms with Gasteiger partial charge in [0.1, 0.15) is 5.82 Å². The van der Waals surface area contributed by atoms with Crippen LogP contribution in [0.15, 0.2) is 24.4 Å². The topological polar surface area (TPSA) is 106 Å². The number of anilines is 3. The zero-order chi connectivity index (χ0) is 23.5. The number of ether oxygens (including phenoxy) is 1. The highest BCUT2D eigenvalue weighted by molar-refractivity contribution is 5.61. The van der Waals surface area contributed by atoms with Crippen LogP contribution in [0.4, 0.5) is 21.8 Å². The summed E-state index contributed by atoms with van der Waals surface area (Å²) in [6.45, 7) is 5.01. The minimum atomic E-state index is -0.428. The van der Waals surface area contributed by atoms with Gasteiger partial charge in [0, 0.05) is 12.6 Å². The Balaban J connectivity index is 1.33. The van der Waals surface area contributed by atoms with Crippen molar-refractivity contribution < 1.29 is 9.13 Å². The van der Waals surface area contributed by atoms with Crippen LogP contribution >= 0.6 is 0 Å². The molecule has 0 spiro atoms. The molecular formula is C23H30FN9O. The fourth-order valence-electron chi connectivity index (χ4n) is 5.08. The molecule has 0 amide bonds. The van der Waals surface area contributed by atoms with Gasteiger partial charge in [-0.25, -0.2) is 9.37 Å². The third-order valence-electron chi connectivity index (χ3n) is 6.80. The van der Waals surface area contributed by atoms with Gasteiger partial charge in [0.15, 0.2) is 17.4 Å². The zero-order valence-corrected chi connectivity index (χ0v) is 19.5. The number of hydrogen-bond acceptors (Lipinski definition) is 9. The quantitative estimate of drug-likeness (QED) is 0.541. The number of methoxy groups -OCH3 is 1. The van der Waals surface area contributed by atoms with Gasteiger partial charge >= 0.3 is 0 Å². The SMILES string of the molecule is COc1cnc(Nc2cc(-n3nnnc3C)ccc2F)nc1NCC1CCCN2CCCCC12. The van der Waals surface area contributed by atoms with Crippen LogP contribution in [0.25, 0.3) is 5.69 Å². The van der Waals surface area contributed by atoms with E-state index in [2.05, 4.69) is 41.0 Å². The highest BCUT2D eigenvalue weighted by Gasteiger charge is 2.32. The van der Waals surface area contributed by atoms with Crippen LogP contribution in [0.5, 0.6) is 5.75 Å². The van der Waals surface area contributed by atoms with Crippen LogP contribution in [0.3, 0.4) is 0 Å². The van der Waals surface area contributed by atoms with Crippen LogP contribution in [-0.4, -0.2) is 67.9 Å². The highest BCUT2D eigenvalue weighted by Crippen LogP contribution is 2.32. The number of tetrazole rings is 1. The first-order valence-corrected chi connectivity index (χ1v) is 11.8. The van der Waals surface area contributed by atoms with Gasteiger partial charge in [-0.3, -0.25) is 0 Å². The summed E-state index contributed by atoms with van der Waals surface area (Å²) in [6.07, 6.45) is 7.90. The predicted octanol–water partition coefficient (Wildman–Crippen LogP) is 3.33. The van der Waals surface area contributed by atoms with Gasteiger partial charge in [-0.2, -0.15) is 9.67 Å². The van der Waals surface area contributed by atoms with Gasteiger partial charge in [-0.05, 0) is 80.2 Å². The number of halogens is 1. The molecule has 2 saturated heterocycles.